The highest BCUT2D eigenvalue weighted by Gasteiger charge is 2.27. The maximum atomic E-state index is 6.05. The van der Waals surface area contributed by atoms with Crippen LogP contribution in [0.1, 0.15) is 32.3 Å². The van der Waals surface area contributed by atoms with Gasteiger partial charge in [0, 0.05) is 23.2 Å². The van der Waals surface area contributed by atoms with E-state index < -0.39 is 0 Å². The van der Waals surface area contributed by atoms with Gasteiger partial charge in [-0.2, -0.15) is 0 Å². The lowest BCUT2D eigenvalue weighted by atomic mass is 9.94. The van der Waals surface area contributed by atoms with Crippen LogP contribution in [0, 0.1) is 0 Å². The fraction of sp³-hybridized carbons (Fsp3) is 0.500. The normalized spacial score (nSPS) is 17.3. The van der Waals surface area contributed by atoms with E-state index in [0.717, 1.165) is 43.1 Å². The predicted molar refractivity (Wildman–Crippen MR) is 87.1 cm³/mol. The Morgan fingerprint density at radius 2 is 2.00 bits per heavy atom. The molecule has 1 atom stereocenters. The van der Waals surface area contributed by atoms with Crippen molar-refractivity contribution < 1.29 is 9.26 Å². The summed E-state index contributed by atoms with van der Waals surface area (Å²) in [5, 5.41) is 4.09. The van der Waals surface area contributed by atoms with Crippen LogP contribution in [0.4, 0.5) is 0 Å². The Balaban J connectivity index is 1.88. The Morgan fingerprint density at radius 1 is 1.18 bits per heavy atom. The lowest BCUT2D eigenvalue weighted by Gasteiger charge is -2.35. The lowest BCUT2D eigenvalue weighted by molar-refractivity contribution is 0.119. The fourth-order valence-electron chi connectivity index (χ4n) is 3.27. The number of aromatic nitrogens is 1. The van der Waals surface area contributed by atoms with E-state index in [4.69, 9.17) is 9.26 Å². The van der Waals surface area contributed by atoms with Crippen LogP contribution in [0.5, 0.6) is 5.75 Å². The minimum absolute atomic E-state index is 0.445. The first-order valence-electron chi connectivity index (χ1n) is 8.23. The van der Waals surface area contributed by atoms with E-state index >= 15 is 0 Å². The monoisotopic (exact) mass is 300 g/mol. The van der Waals surface area contributed by atoms with Gasteiger partial charge in [-0.05, 0) is 38.4 Å². The summed E-state index contributed by atoms with van der Waals surface area (Å²) in [6.07, 6.45) is 4.98. The van der Waals surface area contributed by atoms with Crippen LogP contribution >= 0.6 is 0 Å². The SMILES string of the molecule is CCCN(CCC)C1COc2cccc(-c3ccon3)c2C1. The summed E-state index contributed by atoms with van der Waals surface area (Å²) in [4.78, 5) is 2.56. The third-order valence-electron chi connectivity index (χ3n) is 4.26. The molecule has 22 heavy (non-hydrogen) atoms. The minimum atomic E-state index is 0.445. The van der Waals surface area contributed by atoms with E-state index in [1.54, 1.807) is 6.26 Å². The average Bonchev–Trinajstić information content (AvgIpc) is 3.08. The van der Waals surface area contributed by atoms with Crippen molar-refractivity contribution in [2.45, 2.75) is 39.2 Å². The van der Waals surface area contributed by atoms with Crippen LogP contribution in [-0.2, 0) is 6.42 Å². The fourth-order valence-corrected chi connectivity index (χ4v) is 3.27. The summed E-state index contributed by atoms with van der Waals surface area (Å²) in [5.74, 6) is 0.990. The number of hydrogen-bond acceptors (Lipinski definition) is 4. The Bertz CT molecular complexity index is 589. The first kappa shape index (κ1) is 15.1. The van der Waals surface area contributed by atoms with Crippen LogP contribution in [-0.4, -0.2) is 35.8 Å². The van der Waals surface area contributed by atoms with Gasteiger partial charge in [0.1, 0.15) is 24.3 Å². The zero-order chi connectivity index (χ0) is 15.4. The summed E-state index contributed by atoms with van der Waals surface area (Å²) >= 11 is 0. The Labute approximate surface area is 132 Å². The van der Waals surface area contributed by atoms with Crippen molar-refractivity contribution >= 4 is 0 Å². The molecule has 4 nitrogen and oxygen atoms in total. The molecule has 2 heterocycles. The summed E-state index contributed by atoms with van der Waals surface area (Å²) in [6, 6.07) is 8.54. The molecule has 0 saturated heterocycles. The summed E-state index contributed by atoms with van der Waals surface area (Å²) < 4.78 is 11.1. The molecule has 0 saturated carbocycles. The summed E-state index contributed by atoms with van der Waals surface area (Å²) in [5.41, 5.74) is 3.27. The molecular weight excluding hydrogens is 276 g/mol. The zero-order valence-corrected chi connectivity index (χ0v) is 13.4. The highest BCUT2D eigenvalue weighted by molar-refractivity contribution is 5.67. The third-order valence-corrected chi connectivity index (χ3v) is 4.26. The third kappa shape index (κ3) is 3.02. The van der Waals surface area contributed by atoms with E-state index in [0.29, 0.717) is 6.04 Å². The van der Waals surface area contributed by atoms with Crippen molar-refractivity contribution in [2.75, 3.05) is 19.7 Å². The van der Waals surface area contributed by atoms with Gasteiger partial charge in [0.2, 0.25) is 0 Å². The molecule has 0 bridgehead atoms. The number of rotatable bonds is 6. The number of benzene rings is 1. The van der Waals surface area contributed by atoms with Crippen LogP contribution in [0.15, 0.2) is 35.1 Å². The first-order chi connectivity index (χ1) is 10.8. The predicted octanol–water partition coefficient (Wildman–Crippen LogP) is 3.77. The van der Waals surface area contributed by atoms with Gasteiger partial charge in [-0.15, -0.1) is 0 Å². The maximum Gasteiger partial charge on any atom is 0.124 e. The van der Waals surface area contributed by atoms with Gasteiger partial charge in [0.25, 0.3) is 0 Å². The van der Waals surface area contributed by atoms with Crippen molar-refractivity contribution in [2.24, 2.45) is 0 Å². The largest absolute Gasteiger partial charge is 0.492 e. The van der Waals surface area contributed by atoms with E-state index in [1.807, 2.05) is 12.1 Å². The van der Waals surface area contributed by atoms with Crippen molar-refractivity contribution in [1.82, 2.24) is 10.1 Å². The molecule has 1 aromatic heterocycles. The molecule has 0 fully saturated rings. The standard InChI is InChI=1S/C18H24N2O2/c1-3-9-20(10-4-2)14-12-16-15(17-8-11-22-19-17)6-5-7-18(16)21-13-14/h5-8,11,14H,3-4,9-10,12-13H2,1-2H3. The van der Waals surface area contributed by atoms with Gasteiger partial charge in [0.15, 0.2) is 0 Å². The molecule has 0 spiro atoms. The average molecular weight is 300 g/mol. The highest BCUT2D eigenvalue weighted by Crippen LogP contribution is 2.34. The molecule has 0 radical (unpaired) electrons. The van der Waals surface area contributed by atoms with Crippen LogP contribution in [0.2, 0.25) is 0 Å². The summed E-state index contributed by atoms with van der Waals surface area (Å²) in [6.45, 7) is 7.50. The summed E-state index contributed by atoms with van der Waals surface area (Å²) in [7, 11) is 0. The zero-order valence-electron chi connectivity index (χ0n) is 13.4. The molecule has 1 aliphatic rings. The molecule has 0 N–H and O–H groups in total. The van der Waals surface area contributed by atoms with Gasteiger partial charge < -0.3 is 9.26 Å². The second kappa shape index (κ2) is 6.97. The van der Waals surface area contributed by atoms with Gasteiger partial charge in [-0.1, -0.05) is 31.1 Å². The molecule has 1 unspecified atom stereocenters. The molecule has 3 rings (SSSR count). The number of hydrogen-bond donors (Lipinski definition) is 0. The lowest BCUT2D eigenvalue weighted by Crippen LogP contribution is -2.44. The first-order valence-corrected chi connectivity index (χ1v) is 8.23. The molecule has 1 aliphatic heterocycles. The van der Waals surface area contributed by atoms with Crippen molar-refractivity contribution in [1.29, 1.82) is 0 Å². The van der Waals surface area contributed by atoms with Gasteiger partial charge in [-0.3, -0.25) is 4.90 Å². The molecule has 0 aliphatic carbocycles. The molecule has 4 heteroatoms. The van der Waals surface area contributed by atoms with Crippen molar-refractivity contribution in [3.8, 4) is 17.0 Å². The van der Waals surface area contributed by atoms with E-state index in [1.165, 1.54) is 18.4 Å². The highest BCUT2D eigenvalue weighted by atomic mass is 16.5. The van der Waals surface area contributed by atoms with E-state index in [9.17, 15) is 0 Å². The molecular formula is C18H24N2O2. The van der Waals surface area contributed by atoms with Crippen LogP contribution < -0.4 is 4.74 Å². The van der Waals surface area contributed by atoms with Gasteiger partial charge in [-0.25, -0.2) is 0 Å². The van der Waals surface area contributed by atoms with Gasteiger partial charge in [0.05, 0.1) is 0 Å². The second-order valence-corrected chi connectivity index (χ2v) is 5.87. The Morgan fingerprint density at radius 3 is 2.68 bits per heavy atom. The van der Waals surface area contributed by atoms with E-state index in [-0.39, 0.29) is 0 Å². The topological polar surface area (TPSA) is 38.5 Å². The van der Waals surface area contributed by atoms with Crippen LogP contribution in [0.25, 0.3) is 11.3 Å². The Hall–Kier alpha value is -1.81. The second-order valence-electron chi connectivity index (χ2n) is 5.87. The van der Waals surface area contributed by atoms with Crippen LogP contribution in [0.3, 0.4) is 0 Å². The molecule has 1 aromatic carbocycles. The number of fused-ring (bicyclic) bond motifs is 1. The number of nitrogens with zero attached hydrogens (tertiary/aromatic N) is 2. The smallest absolute Gasteiger partial charge is 0.124 e. The minimum Gasteiger partial charge on any atom is -0.492 e. The van der Waals surface area contributed by atoms with Gasteiger partial charge >= 0.3 is 0 Å². The van der Waals surface area contributed by atoms with Crippen molar-refractivity contribution in [3.05, 3.63) is 36.1 Å². The molecule has 0 amide bonds. The van der Waals surface area contributed by atoms with Crippen molar-refractivity contribution in [3.63, 3.8) is 0 Å². The Kier molecular flexibility index (Phi) is 4.78. The quantitative estimate of drug-likeness (QED) is 0.814. The molecule has 2 aromatic rings. The molecule has 118 valence electrons. The number of ether oxygens (including phenoxy) is 1. The maximum absolute atomic E-state index is 6.05. The van der Waals surface area contributed by atoms with E-state index in [2.05, 4.69) is 36.0 Å².